The number of hydrogen-bond donors (Lipinski definition) is 2. The summed E-state index contributed by atoms with van der Waals surface area (Å²) in [7, 11) is 0. The lowest BCUT2D eigenvalue weighted by Gasteiger charge is -2.52. The Balaban J connectivity index is 1.56. The molecule has 2 N–H and O–H groups in total. The standard InChI is InChI=1S/C28H26F6N2O2/c1-2-24(38-17-18-13-20(27(29,30)31)15-21(14-18)28(32,33)34)26(19-9-5-3-6-10-19)16-23(36-26)25(37)35-22-11-7-4-8-12-22/h3-15,23-24,36H,2,16-17H2,1H3,(H,35,37). The predicted octanol–water partition coefficient (Wildman–Crippen LogP) is 6.92. The summed E-state index contributed by atoms with van der Waals surface area (Å²) in [5, 5.41) is 6.12. The van der Waals surface area contributed by atoms with Gasteiger partial charge in [-0.2, -0.15) is 26.3 Å². The number of hydrogen-bond acceptors (Lipinski definition) is 3. The Morgan fingerprint density at radius 1 is 0.947 bits per heavy atom. The quantitative estimate of drug-likeness (QED) is 0.308. The van der Waals surface area contributed by atoms with Crippen LogP contribution in [-0.2, 0) is 34.0 Å². The maximum Gasteiger partial charge on any atom is 0.416 e. The van der Waals surface area contributed by atoms with Gasteiger partial charge in [0.1, 0.15) is 0 Å². The van der Waals surface area contributed by atoms with E-state index in [9.17, 15) is 31.1 Å². The molecule has 0 spiro atoms. The molecule has 0 saturated carbocycles. The number of para-hydroxylation sites is 1. The molecule has 0 radical (unpaired) electrons. The van der Waals surface area contributed by atoms with Crippen LogP contribution in [0.2, 0.25) is 0 Å². The van der Waals surface area contributed by atoms with Crippen molar-refractivity contribution in [1.29, 1.82) is 0 Å². The van der Waals surface area contributed by atoms with Gasteiger partial charge in [0.2, 0.25) is 5.91 Å². The zero-order chi connectivity index (χ0) is 27.6. The molecule has 1 aliphatic heterocycles. The second-order valence-electron chi connectivity index (χ2n) is 9.22. The van der Waals surface area contributed by atoms with Gasteiger partial charge >= 0.3 is 12.4 Å². The van der Waals surface area contributed by atoms with Crippen LogP contribution in [-0.4, -0.2) is 18.1 Å². The van der Waals surface area contributed by atoms with Gasteiger partial charge in [0, 0.05) is 5.69 Å². The third-order valence-electron chi connectivity index (χ3n) is 6.62. The minimum Gasteiger partial charge on any atom is -0.371 e. The third-order valence-corrected chi connectivity index (χ3v) is 6.62. The Morgan fingerprint density at radius 3 is 1.97 bits per heavy atom. The molecule has 202 valence electrons. The Bertz CT molecular complexity index is 1210. The first-order valence-electron chi connectivity index (χ1n) is 12.0. The topological polar surface area (TPSA) is 50.4 Å². The zero-order valence-corrected chi connectivity index (χ0v) is 20.4. The fourth-order valence-corrected chi connectivity index (χ4v) is 4.78. The monoisotopic (exact) mass is 536 g/mol. The average molecular weight is 537 g/mol. The summed E-state index contributed by atoms with van der Waals surface area (Å²) in [4.78, 5) is 12.8. The van der Waals surface area contributed by atoms with Gasteiger partial charge in [-0.1, -0.05) is 55.5 Å². The van der Waals surface area contributed by atoms with Gasteiger partial charge in [-0.15, -0.1) is 0 Å². The predicted molar refractivity (Wildman–Crippen MR) is 130 cm³/mol. The SMILES string of the molecule is CCC(OCc1cc(C(F)(F)F)cc(C(F)(F)F)c1)C1(c2ccccc2)CC(C(=O)Nc2ccccc2)N1. The Labute approximate surface area is 216 Å². The summed E-state index contributed by atoms with van der Waals surface area (Å²) in [5.41, 5.74) is -2.46. The van der Waals surface area contributed by atoms with Gasteiger partial charge in [-0.25, -0.2) is 0 Å². The molecule has 0 bridgehead atoms. The molecule has 1 heterocycles. The van der Waals surface area contributed by atoms with Crippen LogP contribution >= 0.6 is 0 Å². The summed E-state index contributed by atoms with van der Waals surface area (Å²) in [6.45, 7) is 1.34. The maximum atomic E-state index is 13.3. The van der Waals surface area contributed by atoms with Gasteiger partial charge in [-0.3, -0.25) is 10.1 Å². The van der Waals surface area contributed by atoms with E-state index in [1.807, 2.05) is 43.3 Å². The van der Waals surface area contributed by atoms with Crippen molar-refractivity contribution in [3.63, 3.8) is 0 Å². The summed E-state index contributed by atoms with van der Waals surface area (Å²) in [6, 6.07) is 18.9. The minimum absolute atomic E-state index is 0.0930. The Kier molecular flexibility index (Phi) is 7.85. The van der Waals surface area contributed by atoms with Crippen LogP contribution in [0.5, 0.6) is 0 Å². The largest absolute Gasteiger partial charge is 0.416 e. The van der Waals surface area contributed by atoms with E-state index in [2.05, 4.69) is 10.6 Å². The van der Waals surface area contributed by atoms with Crippen molar-refractivity contribution in [2.75, 3.05) is 5.32 Å². The van der Waals surface area contributed by atoms with Crippen LogP contribution in [0.3, 0.4) is 0 Å². The highest BCUT2D eigenvalue weighted by atomic mass is 19.4. The van der Waals surface area contributed by atoms with Crippen LogP contribution in [0.1, 0.15) is 42.0 Å². The summed E-state index contributed by atoms with van der Waals surface area (Å²) in [5.74, 6) is -0.259. The summed E-state index contributed by atoms with van der Waals surface area (Å²) < 4.78 is 85.8. The number of benzene rings is 3. The molecular weight excluding hydrogens is 510 g/mol. The summed E-state index contributed by atoms with van der Waals surface area (Å²) in [6.07, 6.45) is -9.82. The molecule has 4 rings (SSSR count). The number of alkyl halides is 6. The molecule has 0 aromatic heterocycles. The Morgan fingerprint density at radius 2 is 1.47 bits per heavy atom. The van der Waals surface area contributed by atoms with Crippen molar-refractivity contribution < 1.29 is 35.9 Å². The normalized spacial score (nSPS) is 20.4. The second kappa shape index (κ2) is 10.8. The number of nitrogens with one attached hydrogen (secondary N) is 2. The Hall–Kier alpha value is -3.37. The molecule has 3 aromatic rings. The molecule has 1 fully saturated rings. The minimum atomic E-state index is -4.94. The van der Waals surface area contributed by atoms with Crippen LogP contribution in [0.25, 0.3) is 0 Å². The van der Waals surface area contributed by atoms with Crippen molar-refractivity contribution in [3.8, 4) is 0 Å². The maximum absolute atomic E-state index is 13.3. The van der Waals surface area contributed by atoms with Gasteiger partial charge in [0.15, 0.2) is 0 Å². The van der Waals surface area contributed by atoms with E-state index >= 15 is 0 Å². The highest BCUT2D eigenvalue weighted by Gasteiger charge is 2.53. The molecule has 4 nitrogen and oxygen atoms in total. The van der Waals surface area contributed by atoms with Crippen LogP contribution in [0.15, 0.2) is 78.9 Å². The molecule has 3 atom stereocenters. The fraction of sp³-hybridized carbons (Fsp3) is 0.321. The highest BCUT2D eigenvalue weighted by Crippen LogP contribution is 2.42. The number of carbonyl (C=O) groups is 1. The first-order valence-corrected chi connectivity index (χ1v) is 12.0. The van der Waals surface area contributed by atoms with E-state index in [1.165, 1.54) is 0 Å². The fourth-order valence-electron chi connectivity index (χ4n) is 4.78. The van der Waals surface area contributed by atoms with E-state index in [0.717, 1.165) is 5.56 Å². The lowest BCUT2D eigenvalue weighted by molar-refractivity contribution is -0.143. The van der Waals surface area contributed by atoms with Crippen molar-refractivity contribution >= 4 is 11.6 Å². The molecule has 10 heteroatoms. The van der Waals surface area contributed by atoms with Crippen LogP contribution in [0, 0.1) is 0 Å². The van der Waals surface area contributed by atoms with Gasteiger partial charge in [0.25, 0.3) is 0 Å². The molecule has 1 saturated heterocycles. The molecule has 1 amide bonds. The number of carbonyl (C=O) groups excluding carboxylic acids is 1. The first kappa shape index (κ1) is 27.7. The lowest BCUT2D eigenvalue weighted by atomic mass is 9.71. The van der Waals surface area contributed by atoms with Gasteiger partial charge < -0.3 is 10.1 Å². The van der Waals surface area contributed by atoms with E-state index in [-0.39, 0.29) is 17.5 Å². The number of rotatable bonds is 8. The van der Waals surface area contributed by atoms with Crippen molar-refractivity contribution in [1.82, 2.24) is 5.32 Å². The van der Waals surface area contributed by atoms with Crippen molar-refractivity contribution in [2.45, 2.75) is 56.4 Å². The molecule has 1 aliphatic rings. The number of ether oxygens (including phenoxy) is 1. The second-order valence-corrected chi connectivity index (χ2v) is 9.22. The number of anilines is 1. The smallest absolute Gasteiger partial charge is 0.371 e. The van der Waals surface area contributed by atoms with Crippen molar-refractivity contribution in [3.05, 3.63) is 101 Å². The summed E-state index contributed by atoms with van der Waals surface area (Å²) >= 11 is 0. The molecule has 38 heavy (non-hydrogen) atoms. The van der Waals surface area contributed by atoms with Crippen molar-refractivity contribution in [2.24, 2.45) is 0 Å². The van der Waals surface area contributed by atoms with E-state index in [4.69, 9.17) is 4.74 Å². The van der Waals surface area contributed by atoms with E-state index in [0.29, 0.717) is 30.7 Å². The third kappa shape index (κ3) is 6.02. The molecule has 3 aromatic carbocycles. The molecule has 0 aliphatic carbocycles. The molecule has 3 unspecified atom stereocenters. The highest BCUT2D eigenvalue weighted by molar-refractivity contribution is 5.95. The zero-order valence-electron chi connectivity index (χ0n) is 20.4. The average Bonchev–Trinajstić information content (AvgIpc) is 2.85. The number of halogens is 6. The van der Waals surface area contributed by atoms with Gasteiger partial charge in [-0.05, 0) is 54.3 Å². The van der Waals surface area contributed by atoms with E-state index in [1.54, 1.807) is 24.3 Å². The lowest BCUT2D eigenvalue weighted by Crippen LogP contribution is -2.70. The van der Waals surface area contributed by atoms with Crippen LogP contribution in [0.4, 0.5) is 32.0 Å². The molecular formula is C28H26F6N2O2. The van der Waals surface area contributed by atoms with Crippen LogP contribution < -0.4 is 10.6 Å². The first-order chi connectivity index (χ1) is 17.9. The van der Waals surface area contributed by atoms with E-state index < -0.39 is 47.8 Å². The van der Waals surface area contributed by atoms with Gasteiger partial charge in [0.05, 0.1) is 35.4 Å². The number of amides is 1.